The van der Waals surface area contributed by atoms with E-state index in [2.05, 4.69) is 51.1 Å². The standard InChI is InChI=1S/C16H22N4S2/c1-11-15(22-12(2)20-11)10-19-16(17-3)18-9-13-5-7-14(21-4)8-6-13/h5-8H,9-10H2,1-4H3,(H2,17,18,19). The van der Waals surface area contributed by atoms with Crippen molar-refractivity contribution in [1.82, 2.24) is 15.6 Å². The molecule has 4 nitrogen and oxygen atoms in total. The number of nitrogens with zero attached hydrogens (tertiary/aromatic N) is 2. The number of benzene rings is 1. The van der Waals surface area contributed by atoms with E-state index in [4.69, 9.17) is 0 Å². The Morgan fingerprint density at radius 2 is 1.86 bits per heavy atom. The van der Waals surface area contributed by atoms with E-state index in [0.717, 1.165) is 29.8 Å². The fourth-order valence-electron chi connectivity index (χ4n) is 2.05. The third-order valence-corrected chi connectivity index (χ3v) is 5.08. The maximum atomic E-state index is 4.44. The molecule has 0 saturated carbocycles. The van der Waals surface area contributed by atoms with Gasteiger partial charge in [0.2, 0.25) is 0 Å². The zero-order valence-electron chi connectivity index (χ0n) is 13.4. The summed E-state index contributed by atoms with van der Waals surface area (Å²) in [5.41, 5.74) is 2.34. The highest BCUT2D eigenvalue weighted by atomic mass is 32.2. The van der Waals surface area contributed by atoms with Crippen LogP contribution in [0, 0.1) is 13.8 Å². The van der Waals surface area contributed by atoms with E-state index in [9.17, 15) is 0 Å². The molecule has 1 aromatic carbocycles. The molecule has 0 atom stereocenters. The first-order valence-electron chi connectivity index (χ1n) is 7.12. The minimum atomic E-state index is 0.752. The second kappa shape index (κ2) is 8.19. The highest BCUT2D eigenvalue weighted by Gasteiger charge is 2.05. The number of aliphatic imine (C=N–C) groups is 1. The summed E-state index contributed by atoms with van der Waals surface area (Å²) >= 11 is 3.48. The van der Waals surface area contributed by atoms with E-state index < -0.39 is 0 Å². The summed E-state index contributed by atoms with van der Waals surface area (Å²) in [5.74, 6) is 0.805. The number of nitrogens with one attached hydrogen (secondary N) is 2. The fourth-order valence-corrected chi connectivity index (χ4v) is 3.34. The molecule has 2 rings (SSSR count). The molecular weight excluding hydrogens is 312 g/mol. The van der Waals surface area contributed by atoms with Gasteiger partial charge in [0.15, 0.2) is 5.96 Å². The molecule has 2 aromatic rings. The Labute approximate surface area is 140 Å². The van der Waals surface area contributed by atoms with Gasteiger partial charge in [-0.1, -0.05) is 12.1 Å². The van der Waals surface area contributed by atoms with E-state index >= 15 is 0 Å². The van der Waals surface area contributed by atoms with Crippen molar-refractivity contribution in [2.45, 2.75) is 31.8 Å². The van der Waals surface area contributed by atoms with Crippen LogP contribution in [0.3, 0.4) is 0 Å². The third-order valence-electron chi connectivity index (χ3n) is 3.26. The minimum Gasteiger partial charge on any atom is -0.352 e. The van der Waals surface area contributed by atoms with E-state index in [1.807, 2.05) is 13.8 Å². The van der Waals surface area contributed by atoms with Gasteiger partial charge in [0.25, 0.3) is 0 Å². The number of aromatic nitrogens is 1. The van der Waals surface area contributed by atoms with Gasteiger partial charge in [0, 0.05) is 23.4 Å². The summed E-state index contributed by atoms with van der Waals surface area (Å²) in [7, 11) is 1.79. The van der Waals surface area contributed by atoms with Gasteiger partial charge in [-0.2, -0.15) is 0 Å². The van der Waals surface area contributed by atoms with Crippen LogP contribution in [0.5, 0.6) is 0 Å². The van der Waals surface area contributed by atoms with E-state index in [1.54, 1.807) is 30.1 Å². The fraction of sp³-hybridized carbons (Fsp3) is 0.375. The van der Waals surface area contributed by atoms with Crippen molar-refractivity contribution in [3.05, 3.63) is 45.4 Å². The zero-order chi connectivity index (χ0) is 15.9. The molecule has 118 valence electrons. The van der Waals surface area contributed by atoms with E-state index in [1.165, 1.54) is 15.3 Å². The molecule has 0 radical (unpaired) electrons. The Kier molecular flexibility index (Phi) is 6.27. The second-order valence-electron chi connectivity index (χ2n) is 4.87. The van der Waals surface area contributed by atoms with Crippen LogP contribution in [0.4, 0.5) is 0 Å². The number of rotatable bonds is 5. The van der Waals surface area contributed by atoms with Gasteiger partial charge in [-0.25, -0.2) is 4.98 Å². The lowest BCUT2D eigenvalue weighted by molar-refractivity contribution is 0.811. The van der Waals surface area contributed by atoms with Crippen LogP contribution in [0.15, 0.2) is 34.2 Å². The number of thiazole rings is 1. The SMILES string of the molecule is CN=C(NCc1ccc(SC)cc1)NCc1sc(C)nc1C. The van der Waals surface area contributed by atoms with E-state index in [0.29, 0.717) is 0 Å². The third kappa shape index (κ3) is 4.74. The summed E-state index contributed by atoms with van der Waals surface area (Å²) < 4.78 is 0. The van der Waals surface area contributed by atoms with Crippen LogP contribution in [-0.4, -0.2) is 24.2 Å². The van der Waals surface area contributed by atoms with Crippen molar-refractivity contribution in [3.63, 3.8) is 0 Å². The van der Waals surface area contributed by atoms with Gasteiger partial charge in [-0.05, 0) is 37.8 Å². The van der Waals surface area contributed by atoms with Crippen LogP contribution >= 0.6 is 23.1 Å². The van der Waals surface area contributed by atoms with Gasteiger partial charge in [0.1, 0.15) is 0 Å². The number of hydrogen-bond acceptors (Lipinski definition) is 4. The molecule has 0 saturated heterocycles. The summed E-state index contributed by atoms with van der Waals surface area (Å²) in [6, 6.07) is 8.56. The van der Waals surface area contributed by atoms with Crippen molar-refractivity contribution >= 4 is 29.1 Å². The Bertz CT molecular complexity index is 632. The molecule has 0 fully saturated rings. The summed E-state index contributed by atoms with van der Waals surface area (Å²) in [6.45, 7) is 5.59. The monoisotopic (exact) mass is 334 g/mol. The normalized spacial score (nSPS) is 11.5. The summed E-state index contributed by atoms with van der Waals surface area (Å²) in [6.07, 6.45) is 2.09. The lowest BCUT2D eigenvalue weighted by Gasteiger charge is -2.11. The zero-order valence-corrected chi connectivity index (χ0v) is 15.1. The Hall–Kier alpha value is -1.53. The van der Waals surface area contributed by atoms with Crippen molar-refractivity contribution in [2.24, 2.45) is 4.99 Å². The van der Waals surface area contributed by atoms with Gasteiger partial charge in [0.05, 0.1) is 17.2 Å². The van der Waals surface area contributed by atoms with Crippen LogP contribution in [0.25, 0.3) is 0 Å². The molecule has 6 heteroatoms. The molecule has 22 heavy (non-hydrogen) atoms. The number of aryl methyl sites for hydroxylation is 2. The van der Waals surface area contributed by atoms with Gasteiger partial charge < -0.3 is 10.6 Å². The van der Waals surface area contributed by atoms with Crippen LogP contribution in [0.1, 0.15) is 21.1 Å². The largest absolute Gasteiger partial charge is 0.352 e. The molecule has 0 aliphatic rings. The highest BCUT2D eigenvalue weighted by Crippen LogP contribution is 2.16. The van der Waals surface area contributed by atoms with Crippen molar-refractivity contribution in [3.8, 4) is 0 Å². The van der Waals surface area contributed by atoms with Gasteiger partial charge in [-0.15, -0.1) is 23.1 Å². The predicted molar refractivity (Wildman–Crippen MR) is 96.8 cm³/mol. The highest BCUT2D eigenvalue weighted by molar-refractivity contribution is 7.98. The lowest BCUT2D eigenvalue weighted by atomic mass is 10.2. The average Bonchev–Trinajstić information content (AvgIpc) is 2.86. The maximum absolute atomic E-state index is 4.44. The molecular formula is C16H22N4S2. The summed E-state index contributed by atoms with van der Waals surface area (Å²) in [5, 5.41) is 7.78. The van der Waals surface area contributed by atoms with Gasteiger partial charge >= 0.3 is 0 Å². The van der Waals surface area contributed by atoms with Crippen LogP contribution in [0.2, 0.25) is 0 Å². The minimum absolute atomic E-state index is 0.752. The van der Waals surface area contributed by atoms with Crippen LogP contribution < -0.4 is 10.6 Å². The molecule has 0 bridgehead atoms. The van der Waals surface area contributed by atoms with Gasteiger partial charge in [-0.3, -0.25) is 4.99 Å². The first-order valence-corrected chi connectivity index (χ1v) is 9.17. The van der Waals surface area contributed by atoms with Crippen molar-refractivity contribution in [1.29, 1.82) is 0 Å². The molecule has 0 aliphatic carbocycles. The molecule has 1 heterocycles. The molecule has 0 unspecified atom stereocenters. The molecule has 0 spiro atoms. The number of hydrogen-bond donors (Lipinski definition) is 2. The van der Waals surface area contributed by atoms with Crippen LogP contribution in [-0.2, 0) is 13.1 Å². The summed E-state index contributed by atoms with van der Waals surface area (Å²) in [4.78, 5) is 11.2. The second-order valence-corrected chi connectivity index (χ2v) is 7.04. The smallest absolute Gasteiger partial charge is 0.191 e. The molecule has 0 amide bonds. The van der Waals surface area contributed by atoms with E-state index in [-0.39, 0.29) is 0 Å². The topological polar surface area (TPSA) is 49.3 Å². The molecule has 2 N–H and O–H groups in total. The van der Waals surface area contributed by atoms with Crippen molar-refractivity contribution in [2.75, 3.05) is 13.3 Å². The maximum Gasteiger partial charge on any atom is 0.191 e. The average molecular weight is 335 g/mol. The number of thioether (sulfide) groups is 1. The lowest BCUT2D eigenvalue weighted by Crippen LogP contribution is -2.36. The van der Waals surface area contributed by atoms with Crippen molar-refractivity contribution < 1.29 is 0 Å². The molecule has 0 aliphatic heterocycles. The first kappa shape index (κ1) is 16.8. The number of guanidine groups is 1. The first-order chi connectivity index (χ1) is 10.6. The Morgan fingerprint density at radius 1 is 1.18 bits per heavy atom. The Morgan fingerprint density at radius 3 is 2.41 bits per heavy atom. The Balaban J connectivity index is 1.85. The predicted octanol–water partition coefficient (Wildman–Crippen LogP) is 3.35. The molecule has 1 aromatic heterocycles. The quantitative estimate of drug-likeness (QED) is 0.500.